The number of thiophene rings is 1. The van der Waals surface area contributed by atoms with Gasteiger partial charge in [-0.25, -0.2) is 14.6 Å². The Hall–Kier alpha value is -2.35. The van der Waals surface area contributed by atoms with Crippen LogP contribution in [0.3, 0.4) is 0 Å². The van der Waals surface area contributed by atoms with Crippen molar-refractivity contribution in [1.29, 1.82) is 0 Å². The molecular formula is C12H14N4O3S. The van der Waals surface area contributed by atoms with Crippen molar-refractivity contribution in [2.24, 2.45) is 0 Å². The lowest BCUT2D eigenvalue weighted by atomic mass is 10.3. The summed E-state index contributed by atoms with van der Waals surface area (Å²) in [7, 11) is 0. The van der Waals surface area contributed by atoms with Gasteiger partial charge in [0.25, 0.3) is 0 Å². The van der Waals surface area contributed by atoms with E-state index in [1.807, 2.05) is 16.8 Å². The van der Waals surface area contributed by atoms with Crippen LogP contribution in [0.2, 0.25) is 0 Å². The molecule has 0 radical (unpaired) electrons. The molecule has 106 valence electrons. The van der Waals surface area contributed by atoms with Crippen molar-refractivity contribution in [2.45, 2.75) is 13.1 Å². The largest absolute Gasteiger partial charge is 0.476 e. The Morgan fingerprint density at radius 1 is 1.40 bits per heavy atom. The van der Waals surface area contributed by atoms with Gasteiger partial charge in [0.2, 0.25) is 0 Å². The zero-order valence-electron chi connectivity index (χ0n) is 10.6. The molecule has 0 atom stereocenters. The Kier molecular flexibility index (Phi) is 4.72. The first-order valence-corrected chi connectivity index (χ1v) is 6.87. The van der Waals surface area contributed by atoms with Gasteiger partial charge in [0, 0.05) is 25.8 Å². The summed E-state index contributed by atoms with van der Waals surface area (Å²) in [6.07, 6.45) is 2.85. The first kappa shape index (κ1) is 14.1. The first-order chi connectivity index (χ1) is 9.65. The van der Waals surface area contributed by atoms with Gasteiger partial charge in [0.05, 0.1) is 6.33 Å². The van der Waals surface area contributed by atoms with Crippen molar-refractivity contribution >= 4 is 23.3 Å². The van der Waals surface area contributed by atoms with Crippen LogP contribution in [-0.2, 0) is 13.1 Å². The number of hydrogen-bond donors (Lipinski definition) is 3. The fourth-order valence-electron chi connectivity index (χ4n) is 1.53. The van der Waals surface area contributed by atoms with Gasteiger partial charge in [-0.1, -0.05) is 0 Å². The lowest BCUT2D eigenvalue weighted by Crippen LogP contribution is -2.36. The third-order valence-electron chi connectivity index (χ3n) is 2.54. The van der Waals surface area contributed by atoms with E-state index < -0.39 is 5.97 Å². The maximum Gasteiger partial charge on any atom is 0.356 e. The molecule has 7 nitrogen and oxygen atoms in total. The van der Waals surface area contributed by atoms with Crippen LogP contribution < -0.4 is 10.6 Å². The fraction of sp³-hybridized carbons (Fsp3) is 0.250. The van der Waals surface area contributed by atoms with Crippen molar-refractivity contribution in [1.82, 2.24) is 20.2 Å². The maximum absolute atomic E-state index is 11.5. The van der Waals surface area contributed by atoms with Gasteiger partial charge in [-0.3, -0.25) is 0 Å². The van der Waals surface area contributed by atoms with Gasteiger partial charge in [-0.05, 0) is 22.4 Å². The highest BCUT2D eigenvalue weighted by Gasteiger charge is 2.06. The zero-order chi connectivity index (χ0) is 14.4. The Morgan fingerprint density at radius 3 is 2.90 bits per heavy atom. The number of hydrogen-bond acceptors (Lipinski definition) is 4. The molecule has 0 spiro atoms. The van der Waals surface area contributed by atoms with Crippen LogP contribution in [-0.4, -0.2) is 33.2 Å². The molecule has 0 aliphatic heterocycles. The topological polar surface area (TPSA) is 96.2 Å². The van der Waals surface area contributed by atoms with E-state index in [1.165, 1.54) is 12.5 Å². The summed E-state index contributed by atoms with van der Waals surface area (Å²) in [5, 5.41) is 18.1. The Balaban J connectivity index is 1.67. The molecule has 2 heterocycles. The number of amides is 2. The Morgan fingerprint density at radius 2 is 2.25 bits per heavy atom. The normalized spacial score (nSPS) is 10.2. The second kappa shape index (κ2) is 6.71. The predicted molar refractivity (Wildman–Crippen MR) is 73.7 cm³/mol. The molecule has 3 N–H and O–H groups in total. The first-order valence-electron chi connectivity index (χ1n) is 5.93. The molecule has 0 aromatic carbocycles. The van der Waals surface area contributed by atoms with E-state index in [1.54, 1.807) is 15.9 Å². The van der Waals surface area contributed by atoms with Crippen LogP contribution in [0.5, 0.6) is 0 Å². The van der Waals surface area contributed by atoms with Crippen molar-refractivity contribution in [3.05, 3.63) is 40.6 Å². The van der Waals surface area contributed by atoms with E-state index in [-0.39, 0.29) is 11.7 Å². The minimum Gasteiger partial charge on any atom is -0.476 e. The molecule has 2 aromatic rings. The third-order valence-corrected chi connectivity index (χ3v) is 3.27. The van der Waals surface area contributed by atoms with Crippen LogP contribution >= 0.6 is 11.3 Å². The summed E-state index contributed by atoms with van der Waals surface area (Å²) in [5.41, 5.74) is 1.05. The lowest BCUT2D eigenvalue weighted by Gasteiger charge is -2.07. The molecule has 0 saturated carbocycles. The Labute approximate surface area is 119 Å². The average molecular weight is 294 g/mol. The monoisotopic (exact) mass is 294 g/mol. The lowest BCUT2D eigenvalue weighted by molar-refractivity contribution is 0.0691. The summed E-state index contributed by atoms with van der Waals surface area (Å²) in [5.74, 6) is -1.06. The highest BCUT2D eigenvalue weighted by molar-refractivity contribution is 7.07. The summed E-state index contributed by atoms with van der Waals surface area (Å²) in [6, 6.07) is 1.69. The van der Waals surface area contributed by atoms with Crippen LogP contribution in [0, 0.1) is 0 Å². The number of carbonyl (C=O) groups excluding carboxylic acids is 1. The molecule has 0 unspecified atom stereocenters. The molecule has 0 saturated heterocycles. The number of aromatic carboxylic acids is 1. The Bertz CT molecular complexity index is 579. The quantitative estimate of drug-likeness (QED) is 0.744. The number of carboxylic acid groups (broad SMARTS) is 1. The van der Waals surface area contributed by atoms with E-state index >= 15 is 0 Å². The van der Waals surface area contributed by atoms with E-state index in [9.17, 15) is 9.59 Å². The van der Waals surface area contributed by atoms with Crippen molar-refractivity contribution in [3.8, 4) is 0 Å². The number of carboxylic acids is 1. The molecule has 0 bridgehead atoms. The predicted octanol–water partition coefficient (Wildman–Crippen LogP) is 1.14. The van der Waals surface area contributed by atoms with Gasteiger partial charge in [0.15, 0.2) is 5.69 Å². The number of rotatable bonds is 6. The standard InChI is InChI=1S/C12H14N4O3S/c17-11(18)10-6-16(8-15-10)3-2-13-12(19)14-5-9-1-4-20-7-9/h1,4,6-8H,2-3,5H2,(H,17,18)(H2,13,14,19). The molecule has 0 fully saturated rings. The summed E-state index contributed by atoms with van der Waals surface area (Å²) in [6.45, 7) is 1.35. The van der Waals surface area contributed by atoms with Gasteiger partial charge in [-0.15, -0.1) is 0 Å². The van der Waals surface area contributed by atoms with E-state index in [2.05, 4.69) is 15.6 Å². The summed E-state index contributed by atoms with van der Waals surface area (Å²) >= 11 is 1.58. The van der Waals surface area contributed by atoms with Crippen LogP contribution in [0.25, 0.3) is 0 Å². The number of aromatic nitrogens is 2. The molecule has 0 aliphatic rings. The van der Waals surface area contributed by atoms with Gasteiger partial charge >= 0.3 is 12.0 Å². The summed E-state index contributed by atoms with van der Waals surface area (Å²) < 4.78 is 1.61. The number of imidazole rings is 1. The van der Waals surface area contributed by atoms with E-state index in [0.29, 0.717) is 19.6 Å². The molecule has 2 aromatic heterocycles. The van der Waals surface area contributed by atoms with Crippen molar-refractivity contribution < 1.29 is 14.7 Å². The number of nitrogens with one attached hydrogen (secondary N) is 2. The van der Waals surface area contributed by atoms with Gasteiger partial charge in [-0.2, -0.15) is 11.3 Å². The zero-order valence-corrected chi connectivity index (χ0v) is 11.4. The molecule has 8 heteroatoms. The number of carbonyl (C=O) groups is 2. The number of urea groups is 1. The fourth-order valence-corrected chi connectivity index (χ4v) is 2.20. The third kappa shape index (κ3) is 4.09. The minimum absolute atomic E-state index is 0.00749. The van der Waals surface area contributed by atoms with Crippen LogP contribution in [0.4, 0.5) is 4.79 Å². The van der Waals surface area contributed by atoms with Crippen molar-refractivity contribution in [2.75, 3.05) is 6.54 Å². The maximum atomic E-state index is 11.5. The van der Waals surface area contributed by atoms with Crippen molar-refractivity contribution in [3.63, 3.8) is 0 Å². The molecule has 2 amide bonds. The van der Waals surface area contributed by atoms with E-state index in [4.69, 9.17) is 5.11 Å². The second-order valence-corrected chi connectivity index (χ2v) is 4.82. The molecular weight excluding hydrogens is 280 g/mol. The minimum atomic E-state index is -1.06. The van der Waals surface area contributed by atoms with Gasteiger partial charge in [0.1, 0.15) is 0 Å². The van der Waals surface area contributed by atoms with Gasteiger partial charge < -0.3 is 20.3 Å². The average Bonchev–Trinajstić information content (AvgIpc) is 3.07. The highest BCUT2D eigenvalue weighted by Crippen LogP contribution is 2.04. The van der Waals surface area contributed by atoms with Crippen LogP contribution in [0.15, 0.2) is 29.4 Å². The molecule has 0 aliphatic carbocycles. The summed E-state index contributed by atoms with van der Waals surface area (Å²) in [4.78, 5) is 25.9. The van der Waals surface area contributed by atoms with E-state index in [0.717, 1.165) is 5.56 Å². The van der Waals surface area contributed by atoms with Crippen LogP contribution in [0.1, 0.15) is 16.1 Å². The number of nitrogens with zero attached hydrogens (tertiary/aromatic N) is 2. The smallest absolute Gasteiger partial charge is 0.356 e. The molecule has 20 heavy (non-hydrogen) atoms. The highest BCUT2D eigenvalue weighted by atomic mass is 32.1. The second-order valence-electron chi connectivity index (χ2n) is 4.04. The SMILES string of the molecule is O=C(NCCn1cnc(C(=O)O)c1)NCc1ccsc1. The molecule has 2 rings (SSSR count).